The van der Waals surface area contributed by atoms with Gasteiger partial charge in [-0.05, 0) is 32.0 Å². The zero-order chi connectivity index (χ0) is 22.8. The summed E-state index contributed by atoms with van der Waals surface area (Å²) in [6, 6.07) is 14.1. The molecule has 0 saturated heterocycles. The minimum atomic E-state index is -0.507. The molecule has 0 radical (unpaired) electrons. The van der Waals surface area contributed by atoms with Crippen LogP contribution in [0.25, 0.3) is 17.1 Å². The van der Waals surface area contributed by atoms with Gasteiger partial charge in [-0.3, -0.25) is 19.7 Å². The second-order valence-corrected chi connectivity index (χ2v) is 6.98. The van der Waals surface area contributed by atoms with Gasteiger partial charge in [-0.2, -0.15) is 0 Å². The van der Waals surface area contributed by atoms with Gasteiger partial charge in [0, 0.05) is 35.1 Å². The quantitative estimate of drug-likeness (QED) is 0.364. The molecule has 4 rings (SSSR count). The fourth-order valence-corrected chi connectivity index (χ4v) is 3.17. The molecule has 0 saturated carbocycles. The lowest BCUT2D eigenvalue weighted by molar-refractivity contribution is -0.384. The molecule has 2 aromatic heterocycles. The number of anilines is 1. The molecule has 0 unspecified atom stereocenters. The summed E-state index contributed by atoms with van der Waals surface area (Å²) >= 11 is 0. The van der Waals surface area contributed by atoms with Crippen LogP contribution in [-0.2, 0) is 0 Å². The summed E-state index contributed by atoms with van der Waals surface area (Å²) in [7, 11) is 0. The smallest absolute Gasteiger partial charge is 0.278 e. The number of nitro benzene ring substituents is 1. The lowest BCUT2D eigenvalue weighted by Crippen LogP contribution is -2.14. The molecule has 2 aromatic carbocycles. The van der Waals surface area contributed by atoms with Gasteiger partial charge in [0.05, 0.1) is 16.3 Å². The number of hydrogen-bond acceptors (Lipinski definition) is 7. The van der Waals surface area contributed by atoms with E-state index in [0.717, 1.165) is 0 Å². The number of nitro groups is 1. The van der Waals surface area contributed by atoms with Crippen LogP contribution in [-0.4, -0.2) is 35.8 Å². The van der Waals surface area contributed by atoms with E-state index in [4.69, 9.17) is 0 Å². The van der Waals surface area contributed by atoms with Crippen molar-refractivity contribution in [2.75, 3.05) is 5.32 Å². The molecule has 0 fully saturated rings. The summed E-state index contributed by atoms with van der Waals surface area (Å²) in [6.45, 7) is 3.36. The van der Waals surface area contributed by atoms with Crippen molar-refractivity contribution < 1.29 is 9.72 Å². The van der Waals surface area contributed by atoms with Crippen LogP contribution in [0.1, 0.15) is 21.9 Å². The van der Waals surface area contributed by atoms with Crippen molar-refractivity contribution in [1.29, 1.82) is 0 Å². The third-order valence-corrected chi connectivity index (χ3v) is 4.66. The molecule has 2 N–H and O–H groups in total. The van der Waals surface area contributed by atoms with Gasteiger partial charge in [-0.1, -0.05) is 23.4 Å². The van der Waals surface area contributed by atoms with Gasteiger partial charge >= 0.3 is 0 Å². The minimum absolute atomic E-state index is 0.0731. The SMILES string of the molecule is Cc1cc(=O)[nH]c(-c2cccc(NC(=O)c3nnn(-c4cccc([N+](=O)[O-])c4)c3C)c2)n1. The first-order chi connectivity index (χ1) is 15.3. The number of carbonyl (C=O) groups excluding carboxylic acids is 1. The van der Waals surface area contributed by atoms with Crippen molar-refractivity contribution in [3.8, 4) is 17.1 Å². The summed E-state index contributed by atoms with van der Waals surface area (Å²) < 4.78 is 1.36. The molecule has 4 aromatic rings. The molecule has 0 aliphatic rings. The maximum atomic E-state index is 12.8. The maximum absolute atomic E-state index is 12.8. The average molecular weight is 431 g/mol. The maximum Gasteiger partial charge on any atom is 0.278 e. The van der Waals surface area contributed by atoms with Gasteiger partial charge in [-0.15, -0.1) is 5.10 Å². The Morgan fingerprint density at radius 2 is 1.91 bits per heavy atom. The van der Waals surface area contributed by atoms with E-state index in [1.54, 1.807) is 44.2 Å². The Bertz CT molecular complexity index is 1410. The van der Waals surface area contributed by atoms with Crippen LogP contribution in [0.4, 0.5) is 11.4 Å². The standard InChI is InChI=1S/C21H17N7O4/c1-12-9-18(29)24-20(22-12)14-5-3-6-15(10-14)23-21(30)19-13(2)27(26-25-19)16-7-4-8-17(11-16)28(31)32/h3-11H,1-2H3,(H,23,30)(H,22,24,29). The van der Waals surface area contributed by atoms with Crippen LogP contribution in [0.15, 0.2) is 59.4 Å². The zero-order valence-electron chi connectivity index (χ0n) is 17.1. The van der Waals surface area contributed by atoms with Crippen LogP contribution in [0.5, 0.6) is 0 Å². The van der Waals surface area contributed by atoms with Gasteiger partial charge in [0.2, 0.25) is 0 Å². The first kappa shape index (κ1) is 20.6. The molecule has 2 heterocycles. The van der Waals surface area contributed by atoms with Crippen molar-refractivity contribution >= 4 is 17.3 Å². The number of carbonyl (C=O) groups is 1. The highest BCUT2D eigenvalue weighted by molar-refractivity contribution is 6.03. The summed E-state index contributed by atoms with van der Waals surface area (Å²) in [5.41, 5.74) is 2.22. The van der Waals surface area contributed by atoms with E-state index in [-0.39, 0.29) is 16.9 Å². The van der Waals surface area contributed by atoms with E-state index in [9.17, 15) is 19.7 Å². The van der Waals surface area contributed by atoms with E-state index >= 15 is 0 Å². The predicted molar refractivity (Wildman–Crippen MR) is 116 cm³/mol. The van der Waals surface area contributed by atoms with E-state index in [1.165, 1.54) is 28.9 Å². The van der Waals surface area contributed by atoms with Gasteiger partial charge in [0.25, 0.3) is 17.2 Å². The first-order valence-corrected chi connectivity index (χ1v) is 9.49. The molecule has 11 nitrogen and oxygen atoms in total. The van der Waals surface area contributed by atoms with Crippen molar-refractivity contribution in [1.82, 2.24) is 25.0 Å². The van der Waals surface area contributed by atoms with Gasteiger partial charge in [0.1, 0.15) is 5.82 Å². The third-order valence-electron chi connectivity index (χ3n) is 4.66. The molecule has 1 amide bonds. The number of nitrogens with zero attached hydrogens (tertiary/aromatic N) is 5. The Labute approximate surface area is 180 Å². The molecular formula is C21H17N7O4. The Morgan fingerprint density at radius 3 is 2.66 bits per heavy atom. The van der Waals surface area contributed by atoms with E-state index in [2.05, 4.69) is 25.6 Å². The number of aromatic nitrogens is 5. The highest BCUT2D eigenvalue weighted by atomic mass is 16.6. The van der Waals surface area contributed by atoms with Gasteiger partial charge in [-0.25, -0.2) is 9.67 Å². The van der Waals surface area contributed by atoms with E-state index in [1.807, 2.05) is 0 Å². The normalized spacial score (nSPS) is 10.7. The predicted octanol–water partition coefficient (Wildman–Crippen LogP) is 2.79. The zero-order valence-corrected chi connectivity index (χ0v) is 17.1. The largest absolute Gasteiger partial charge is 0.321 e. The minimum Gasteiger partial charge on any atom is -0.321 e. The Hall–Kier alpha value is -4.67. The highest BCUT2D eigenvalue weighted by Crippen LogP contribution is 2.21. The average Bonchev–Trinajstić information content (AvgIpc) is 3.15. The number of hydrogen-bond donors (Lipinski definition) is 2. The molecule has 11 heteroatoms. The number of aromatic amines is 1. The van der Waals surface area contributed by atoms with E-state index in [0.29, 0.717) is 34.2 Å². The van der Waals surface area contributed by atoms with Crippen molar-refractivity contribution in [2.45, 2.75) is 13.8 Å². The monoisotopic (exact) mass is 431 g/mol. The summed E-state index contributed by atoms with van der Waals surface area (Å²) in [6.07, 6.45) is 0. The van der Waals surface area contributed by atoms with Crippen molar-refractivity contribution in [3.63, 3.8) is 0 Å². The molecular weight excluding hydrogens is 414 g/mol. The van der Waals surface area contributed by atoms with Crippen molar-refractivity contribution in [3.05, 3.63) is 92.1 Å². The van der Waals surface area contributed by atoms with Crippen LogP contribution in [0, 0.1) is 24.0 Å². The number of aryl methyl sites for hydroxylation is 1. The Balaban J connectivity index is 1.60. The molecule has 32 heavy (non-hydrogen) atoms. The Morgan fingerprint density at radius 1 is 1.12 bits per heavy atom. The number of rotatable bonds is 5. The van der Waals surface area contributed by atoms with Gasteiger partial charge < -0.3 is 10.3 Å². The number of benzene rings is 2. The second-order valence-electron chi connectivity index (χ2n) is 6.98. The van der Waals surface area contributed by atoms with Crippen LogP contribution in [0.2, 0.25) is 0 Å². The molecule has 0 spiro atoms. The highest BCUT2D eigenvalue weighted by Gasteiger charge is 2.19. The number of nitrogens with one attached hydrogen (secondary N) is 2. The lowest BCUT2D eigenvalue weighted by Gasteiger charge is -2.07. The second kappa shape index (κ2) is 8.22. The fraction of sp³-hybridized carbons (Fsp3) is 0.0952. The number of non-ortho nitro benzene ring substituents is 1. The molecule has 0 atom stereocenters. The van der Waals surface area contributed by atoms with Crippen LogP contribution in [0.3, 0.4) is 0 Å². The topological polar surface area (TPSA) is 149 Å². The van der Waals surface area contributed by atoms with Gasteiger partial charge in [0.15, 0.2) is 5.69 Å². The number of H-pyrrole nitrogens is 1. The van der Waals surface area contributed by atoms with Crippen LogP contribution >= 0.6 is 0 Å². The molecule has 0 aliphatic heterocycles. The van der Waals surface area contributed by atoms with Crippen LogP contribution < -0.4 is 10.9 Å². The number of amides is 1. The Kier molecular flexibility index (Phi) is 5.29. The molecule has 0 bridgehead atoms. The fourth-order valence-electron chi connectivity index (χ4n) is 3.17. The summed E-state index contributed by atoms with van der Waals surface area (Å²) in [4.78, 5) is 42.0. The molecule has 160 valence electrons. The van der Waals surface area contributed by atoms with Crippen molar-refractivity contribution in [2.24, 2.45) is 0 Å². The van der Waals surface area contributed by atoms with E-state index < -0.39 is 10.8 Å². The first-order valence-electron chi connectivity index (χ1n) is 9.49. The lowest BCUT2D eigenvalue weighted by atomic mass is 10.1. The summed E-state index contributed by atoms with van der Waals surface area (Å²) in [5, 5.41) is 21.7. The molecule has 0 aliphatic carbocycles. The summed E-state index contributed by atoms with van der Waals surface area (Å²) in [5.74, 6) is -0.110. The third kappa shape index (κ3) is 4.12.